The molecule has 1 saturated heterocycles. The van der Waals surface area contributed by atoms with Gasteiger partial charge in [-0.3, -0.25) is 19.6 Å². The van der Waals surface area contributed by atoms with Gasteiger partial charge in [-0.15, -0.1) is 0 Å². The maximum absolute atomic E-state index is 13.1. The lowest BCUT2D eigenvalue weighted by Gasteiger charge is -2.48. The summed E-state index contributed by atoms with van der Waals surface area (Å²) in [6, 6.07) is 7.81. The predicted molar refractivity (Wildman–Crippen MR) is 149 cm³/mol. The van der Waals surface area contributed by atoms with E-state index in [1.807, 2.05) is 29.7 Å². The number of amides is 1. The fraction of sp³-hybridized carbons (Fsp3) is 0.393. The summed E-state index contributed by atoms with van der Waals surface area (Å²) >= 11 is 0. The number of hydrogen-bond acceptors (Lipinski definition) is 9. The molecule has 3 atom stereocenters. The van der Waals surface area contributed by atoms with Gasteiger partial charge in [0.2, 0.25) is 0 Å². The number of nitriles is 2. The minimum absolute atomic E-state index is 0.165. The van der Waals surface area contributed by atoms with Gasteiger partial charge in [-0.05, 0) is 43.2 Å². The van der Waals surface area contributed by atoms with E-state index in [0.29, 0.717) is 35.4 Å². The van der Waals surface area contributed by atoms with Gasteiger partial charge in [0.1, 0.15) is 23.3 Å². The molecule has 3 heterocycles. The number of aliphatic carboxylic acids is 1. The number of piperazine rings is 1. The number of hydrogen-bond donors (Lipinski definition) is 2. The Bertz CT molecular complexity index is 1750. The van der Waals surface area contributed by atoms with E-state index in [1.165, 1.54) is 22.8 Å². The van der Waals surface area contributed by atoms with Crippen molar-refractivity contribution < 1.29 is 41.0 Å². The molecular formula is C28H26F6N8O4. The Kier molecular flexibility index (Phi) is 10.6. The SMILES string of the molecule is CC[C@@H]1CN(c2nc(=O)n(C)c3ccc(C#N)nc23)[C@@H](C)CN1C(C(=O)NC#N)c1ccc(C(F)(F)F)cc1.O=C(O)C(F)(F)F. The second kappa shape index (κ2) is 13.8. The molecule has 1 aromatic carbocycles. The zero-order chi connectivity index (χ0) is 34.6. The molecule has 1 amide bonds. The lowest BCUT2D eigenvalue weighted by molar-refractivity contribution is -0.192. The van der Waals surface area contributed by atoms with E-state index in [1.54, 1.807) is 19.3 Å². The Morgan fingerprint density at radius 1 is 1.07 bits per heavy atom. The van der Waals surface area contributed by atoms with E-state index >= 15 is 0 Å². The number of carboxylic acids is 1. The summed E-state index contributed by atoms with van der Waals surface area (Å²) in [6.07, 6.45) is -7.46. The molecule has 46 heavy (non-hydrogen) atoms. The van der Waals surface area contributed by atoms with Crippen molar-refractivity contribution in [3.8, 4) is 12.3 Å². The van der Waals surface area contributed by atoms with Crippen LogP contribution in [0.15, 0.2) is 41.2 Å². The maximum Gasteiger partial charge on any atom is 0.490 e. The Morgan fingerprint density at radius 3 is 2.17 bits per heavy atom. The summed E-state index contributed by atoms with van der Waals surface area (Å²) in [4.78, 5) is 47.1. The fourth-order valence-corrected chi connectivity index (χ4v) is 4.98. The number of carbonyl (C=O) groups excluding carboxylic acids is 1. The largest absolute Gasteiger partial charge is 0.490 e. The van der Waals surface area contributed by atoms with Crippen molar-refractivity contribution in [3.63, 3.8) is 0 Å². The molecule has 0 bridgehead atoms. The number of nitrogens with zero attached hydrogens (tertiary/aromatic N) is 7. The van der Waals surface area contributed by atoms with E-state index in [4.69, 9.17) is 15.2 Å². The average Bonchev–Trinajstić information content (AvgIpc) is 2.99. The molecule has 244 valence electrons. The van der Waals surface area contributed by atoms with Gasteiger partial charge in [-0.1, -0.05) is 19.1 Å². The lowest BCUT2D eigenvalue weighted by atomic mass is 9.96. The first-order valence-corrected chi connectivity index (χ1v) is 13.4. The number of fused-ring (bicyclic) bond motifs is 1. The highest BCUT2D eigenvalue weighted by Gasteiger charge is 2.41. The maximum atomic E-state index is 13.1. The van der Waals surface area contributed by atoms with Crippen molar-refractivity contribution in [2.45, 2.75) is 50.7 Å². The molecule has 1 fully saturated rings. The molecule has 18 heteroatoms. The number of carbonyl (C=O) groups is 2. The van der Waals surface area contributed by atoms with Gasteiger partial charge >= 0.3 is 24.0 Å². The van der Waals surface area contributed by atoms with E-state index < -0.39 is 41.5 Å². The van der Waals surface area contributed by atoms with Gasteiger partial charge in [0.05, 0.1) is 11.1 Å². The number of benzene rings is 1. The lowest BCUT2D eigenvalue weighted by Crippen LogP contribution is -2.60. The highest BCUT2D eigenvalue weighted by Crippen LogP contribution is 2.35. The van der Waals surface area contributed by atoms with Crippen molar-refractivity contribution in [2.75, 3.05) is 18.0 Å². The van der Waals surface area contributed by atoms with E-state index in [-0.39, 0.29) is 24.3 Å². The number of pyridine rings is 1. The predicted octanol–water partition coefficient (Wildman–Crippen LogP) is 3.48. The third-order valence-electron chi connectivity index (χ3n) is 7.23. The van der Waals surface area contributed by atoms with Crippen molar-refractivity contribution in [2.24, 2.45) is 7.05 Å². The summed E-state index contributed by atoms with van der Waals surface area (Å²) in [5.41, 5.74) is 0.0208. The van der Waals surface area contributed by atoms with Crippen LogP contribution in [0.1, 0.15) is 43.1 Å². The van der Waals surface area contributed by atoms with Crippen molar-refractivity contribution >= 4 is 28.7 Å². The first-order valence-electron chi connectivity index (χ1n) is 13.4. The van der Waals surface area contributed by atoms with Crippen LogP contribution in [0, 0.1) is 22.8 Å². The Hall–Kier alpha value is -5.23. The van der Waals surface area contributed by atoms with Gasteiger partial charge in [0, 0.05) is 32.2 Å². The van der Waals surface area contributed by atoms with Crippen molar-refractivity contribution in [1.82, 2.24) is 24.8 Å². The molecule has 2 N–H and O–H groups in total. The number of rotatable bonds is 5. The van der Waals surface area contributed by atoms with Gasteiger partial charge in [-0.25, -0.2) is 14.6 Å². The van der Waals surface area contributed by atoms with Crippen LogP contribution in [0.5, 0.6) is 0 Å². The normalized spacial score (nSPS) is 17.7. The van der Waals surface area contributed by atoms with Crippen LogP contribution in [0.3, 0.4) is 0 Å². The summed E-state index contributed by atoms with van der Waals surface area (Å²) < 4.78 is 72.5. The highest BCUT2D eigenvalue weighted by atomic mass is 19.4. The minimum atomic E-state index is -5.08. The number of nitrogens with one attached hydrogen (secondary N) is 1. The Balaban J connectivity index is 0.000000738. The molecule has 0 radical (unpaired) electrons. The zero-order valence-electron chi connectivity index (χ0n) is 24.4. The molecule has 12 nitrogen and oxygen atoms in total. The summed E-state index contributed by atoms with van der Waals surface area (Å²) in [5, 5.41) is 27.7. The molecule has 1 aliphatic heterocycles. The smallest absolute Gasteiger partial charge is 0.475 e. The number of aryl methyl sites for hydroxylation is 1. The Morgan fingerprint density at radius 2 is 1.67 bits per heavy atom. The van der Waals surface area contributed by atoms with Crippen LogP contribution in [0.2, 0.25) is 0 Å². The minimum Gasteiger partial charge on any atom is -0.475 e. The molecule has 3 aromatic rings. The van der Waals surface area contributed by atoms with Crippen LogP contribution < -0.4 is 15.9 Å². The fourth-order valence-electron chi connectivity index (χ4n) is 4.98. The molecule has 1 aliphatic rings. The van der Waals surface area contributed by atoms with Crippen LogP contribution in [-0.4, -0.2) is 67.8 Å². The number of carboxylic acid groups (broad SMARTS) is 1. The van der Waals surface area contributed by atoms with E-state index in [2.05, 4.69) is 15.3 Å². The second-order valence-corrected chi connectivity index (χ2v) is 10.1. The highest BCUT2D eigenvalue weighted by molar-refractivity contribution is 5.87. The number of halogens is 6. The van der Waals surface area contributed by atoms with E-state index in [0.717, 1.165) is 12.1 Å². The molecule has 1 unspecified atom stereocenters. The van der Waals surface area contributed by atoms with Gasteiger partial charge in [-0.2, -0.15) is 41.9 Å². The average molecular weight is 653 g/mol. The van der Waals surface area contributed by atoms with Crippen molar-refractivity contribution in [1.29, 1.82) is 10.5 Å². The number of aromatic nitrogens is 3. The molecular weight excluding hydrogens is 626 g/mol. The van der Waals surface area contributed by atoms with Crippen LogP contribution in [0.25, 0.3) is 11.0 Å². The standard InChI is InChI=1S/C26H25F3N8O2.C2HF3O2/c1-4-19-13-36(23-21-20(35(3)25(39)34-23)10-9-18(11-30)33-21)15(2)12-37(19)22(24(38)32-14-31)16-5-7-17(8-6-16)26(27,28)29;3-2(4,5)1(6)7/h5-10,15,19,22H,4,12-13H2,1-3H3,(H,32,38);(H,6,7)/t15-,19+,22?;/m0./s1. The van der Waals surface area contributed by atoms with Gasteiger partial charge in [0.15, 0.2) is 12.0 Å². The number of alkyl halides is 6. The molecule has 2 aromatic heterocycles. The van der Waals surface area contributed by atoms with Crippen LogP contribution >= 0.6 is 0 Å². The molecule has 0 aliphatic carbocycles. The monoisotopic (exact) mass is 652 g/mol. The van der Waals surface area contributed by atoms with E-state index in [9.17, 15) is 41.2 Å². The van der Waals surface area contributed by atoms with Gasteiger partial charge in [0.25, 0.3) is 5.91 Å². The van der Waals surface area contributed by atoms with Crippen LogP contribution in [-0.2, 0) is 22.8 Å². The summed E-state index contributed by atoms with van der Waals surface area (Å²) in [7, 11) is 1.56. The molecule has 0 saturated carbocycles. The molecule has 4 rings (SSSR count). The third-order valence-corrected chi connectivity index (χ3v) is 7.23. The topological polar surface area (TPSA) is 168 Å². The second-order valence-electron chi connectivity index (χ2n) is 10.1. The quantitative estimate of drug-likeness (QED) is 0.237. The molecule has 0 spiro atoms. The summed E-state index contributed by atoms with van der Waals surface area (Å²) in [5.74, 6) is -3.11. The van der Waals surface area contributed by atoms with Gasteiger partial charge < -0.3 is 10.0 Å². The van der Waals surface area contributed by atoms with Crippen LogP contribution in [0.4, 0.5) is 32.2 Å². The zero-order valence-corrected chi connectivity index (χ0v) is 24.4. The number of anilines is 1. The first-order chi connectivity index (χ1) is 21.4. The van der Waals surface area contributed by atoms with Crippen molar-refractivity contribution in [3.05, 3.63) is 63.7 Å². The third kappa shape index (κ3) is 7.70. The Labute approximate surface area is 257 Å². The summed E-state index contributed by atoms with van der Waals surface area (Å²) in [6.45, 7) is 4.34. The first kappa shape index (κ1) is 35.3.